The third-order valence-electron chi connectivity index (χ3n) is 6.22. The number of carbonyl (C=O) groups is 3. The van der Waals surface area contributed by atoms with Crippen molar-refractivity contribution >= 4 is 24.0 Å². The zero-order chi connectivity index (χ0) is 26.7. The smallest absolute Gasteiger partial charge is 0.436 e. The van der Waals surface area contributed by atoms with Gasteiger partial charge in [-0.25, -0.2) is 9.48 Å². The normalized spacial score (nSPS) is 13.8. The predicted molar refractivity (Wildman–Crippen MR) is 128 cm³/mol. The van der Waals surface area contributed by atoms with Crippen molar-refractivity contribution in [3.63, 3.8) is 0 Å². The number of benzene rings is 2. The number of nitrogens with one attached hydrogen (secondary N) is 1. The van der Waals surface area contributed by atoms with Crippen LogP contribution in [0.5, 0.6) is 0 Å². The molecule has 3 aromatic rings. The van der Waals surface area contributed by atoms with Crippen LogP contribution in [0.15, 0.2) is 48.5 Å². The molecule has 11 heteroatoms. The predicted octanol–water partition coefficient (Wildman–Crippen LogP) is 4.24. The van der Waals surface area contributed by atoms with E-state index in [1.807, 2.05) is 24.3 Å². The summed E-state index contributed by atoms with van der Waals surface area (Å²) in [7, 11) is 0. The van der Waals surface area contributed by atoms with Gasteiger partial charge in [0.1, 0.15) is 17.7 Å². The highest BCUT2D eigenvalue weighted by Gasteiger charge is 2.44. The molecular formula is C26H25F3N4O4. The van der Waals surface area contributed by atoms with Crippen LogP contribution in [0.25, 0.3) is 0 Å². The molecule has 1 atom stereocenters. The van der Waals surface area contributed by atoms with Crippen LogP contribution >= 0.6 is 0 Å². The molecule has 1 aliphatic heterocycles. The van der Waals surface area contributed by atoms with Gasteiger partial charge < -0.3 is 20.1 Å². The van der Waals surface area contributed by atoms with E-state index in [0.717, 1.165) is 17.4 Å². The van der Waals surface area contributed by atoms with E-state index in [1.54, 1.807) is 11.8 Å². The molecule has 0 fully saturated rings. The largest absolute Gasteiger partial charge is 0.478 e. The first-order chi connectivity index (χ1) is 17.6. The molecule has 0 spiro atoms. The van der Waals surface area contributed by atoms with Gasteiger partial charge in [0.15, 0.2) is 5.69 Å². The van der Waals surface area contributed by atoms with E-state index >= 15 is 0 Å². The van der Waals surface area contributed by atoms with Crippen LogP contribution in [-0.4, -0.2) is 39.6 Å². The fraction of sp³-hybridized carbons (Fsp3) is 0.308. The topological polar surface area (TPSA) is 105 Å². The van der Waals surface area contributed by atoms with Gasteiger partial charge in [-0.3, -0.25) is 4.79 Å². The van der Waals surface area contributed by atoms with Crippen molar-refractivity contribution in [3.8, 4) is 0 Å². The Morgan fingerprint density at radius 3 is 2.49 bits per heavy atom. The van der Waals surface area contributed by atoms with Crippen molar-refractivity contribution < 1.29 is 32.7 Å². The van der Waals surface area contributed by atoms with Gasteiger partial charge in [-0.2, -0.15) is 18.3 Å². The third-order valence-corrected chi connectivity index (χ3v) is 6.22. The zero-order valence-corrected chi connectivity index (χ0v) is 20.0. The molecule has 0 saturated heterocycles. The van der Waals surface area contributed by atoms with Crippen LogP contribution in [-0.2, 0) is 30.5 Å². The number of hydrogen-bond donors (Lipinski definition) is 2. The number of nitrogens with zero attached hydrogens (tertiary/aromatic N) is 3. The number of anilines is 1. The number of amides is 1. The van der Waals surface area contributed by atoms with Crippen LogP contribution < -0.4 is 10.2 Å². The molecule has 2 aromatic carbocycles. The number of alkyl halides is 3. The Morgan fingerprint density at radius 2 is 1.84 bits per heavy atom. The minimum Gasteiger partial charge on any atom is -0.478 e. The highest BCUT2D eigenvalue weighted by atomic mass is 19.4. The molecular weight excluding hydrogens is 489 g/mol. The molecule has 37 heavy (non-hydrogen) atoms. The van der Waals surface area contributed by atoms with Gasteiger partial charge >= 0.3 is 12.1 Å². The summed E-state index contributed by atoms with van der Waals surface area (Å²) in [4.78, 5) is 36.7. The second kappa shape index (κ2) is 10.5. The number of carboxylic acids is 1. The number of carboxylic acid groups (broad SMARTS) is 1. The van der Waals surface area contributed by atoms with Gasteiger partial charge in [0.25, 0.3) is 5.91 Å². The van der Waals surface area contributed by atoms with Gasteiger partial charge in [-0.15, -0.1) is 0 Å². The van der Waals surface area contributed by atoms with Crippen molar-refractivity contribution in [1.29, 1.82) is 0 Å². The average Bonchev–Trinajstić information content (AvgIpc) is 3.43. The summed E-state index contributed by atoms with van der Waals surface area (Å²) in [6.45, 7) is 2.45. The maximum atomic E-state index is 13.9. The number of aryl methyl sites for hydroxylation is 1. The summed E-state index contributed by atoms with van der Waals surface area (Å²) < 4.78 is 42.9. The van der Waals surface area contributed by atoms with E-state index in [2.05, 4.69) is 10.4 Å². The van der Waals surface area contributed by atoms with Crippen LogP contribution in [0.2, 0.25) is 0 Å². The minimum absolute atomic E-state index is 0.0574. The van der Waals surface area contributed by atoms with Gasteiger partial charge in [0, 0.05) is 19.5 Å². The first kappa shape index (κ1) is 25.9. The molecule has 0 bridgehead atoms. The Balaban J connectivity index is 1.62. The number of carbonyl (C=O) groups excluding carboxylic acids is 2. The first-order valence-corrected chi connectivity index (χ1v) is 11.7. The fourth-order valence-electron chi connectivity index (χ4n) is 4.41. The van der Waals surface area contributed by atoms with Crippen molar-refractivity contribution in [1.82, 2.24) is 15.1 Å². The molecule has 1 aromatic heterocycles. The summed E-state index contributed by atoms with van der Waals surface area (Å²) >= 11 is 0. The molecule has 0 aliphatic carbocycles. The SMILES string of the molecule is C[C@H](NC(=O)c1c(C(F)(F)F)nn2c1N(Cc1cccc(CCC=O)c1)CC2)c1ccc(C(=O)O)cc1. The zero-order valence-electron chi connectivity index (χ0n) is 20.0. The number of aromatic nitrogens is 2. The molecule has 2 N–H and O–H groups in total. The first-order valence-electron chi connectivity index (χ1n) is 11.7. The van der Waals surface area contributed by atoms with E-state index in [0.29, 0.717) is 24.9 Å². The highest BCUT2D eigenvalue weighted by Crippen LogP contribution is 2.38. The Kier molecular flexibility index (Phi) is 7.33. The summed E-state index contributed by atoms with van der Waals surface area (Å²) in [5.41, 5.74) is 0.578. The second-order valence-electron chi connectivity index (χ2n) is 8.84. The molecule has 0 unspecified atom stereocenters. The van der Waals surface area contributed by atoms with E-state index < -0.39 is 35.4 Å². The molecule has 2 heterocycles. The van der Waals surface area contributed by atoms with Crippen LogP contribution in [0.4, 0.5) is 19.0 Å². The van der Waals surface area contributed by atoms with E-state index in [1.165, 1.54) is 28.9 Å². The lowest BCUT2D eigenvalue weighted by atomic mass is 10.0. The Hall–Kier alpha value is -4.15. The van der Waals surface area contributed by atoms with Gasteiger partial charge in [-0.05, 0) is 42.2 Å². The summed E-state index contributed by atoms with van der Waals surface area (Å²) in [6, 6.07) is 12.5. The van der Waals surface area contributed by atoms with Crippen molar-refractivity contribution in [3.05, 3.63) is 82.0 Å². The van der Waals surface area contributed by atoms with Crippen LogP contribution in [0.3, 0.4) is 0 Å². The minimum atomic E-state index is -4.84. The van der Waals surface area contributed by atoms with E-state index in [-0.39, 0.29) is 24.5 Å². The molecule has 1 aliphatic rings. The fourth-order valence-corrected chi connectivity index (χ4v) is 4.41. The Labute approximate surface area is 210 Å². The maximum Gasteiger partial charge on any atom is 0.436 e. The molecule has 194 valence electrons. The molecule has 0 saturated carbocycles. The molecule has 1 amide bonds. The lowest BCUT2D eigenvalue weighted by Crippen LogP contribution is -2.31. The van der Waals surface area contributed by atoms with Crippen LogP contribution in [0.1, 0.15) is 62.5 Å². The Morgan fingerprint density at radius 1 is 1.14 bits per heavy atom. The number of aldehydes is 1. The van der Waals surface area contributed by atoms with Gasteiger partial charge in [0.05, 0.1) is 18.2 Å². The molecule has 4 rings (SSSR count). The van der Waals surface area contributed by atoms with Crippen molar-refractivity contribution in [2.24, 2.45) is 0 Å². The average molecular weight is 515 g/mol. The Bertz CT molecular complexity index is 1320. The molecule has 0 radical (unpaired) electrons. The number of hydrogen-bond acceptors (Lipinski definition) is 5. The van der Waals surface area contributed by atoms with Gasteiger partial charge in [-0.1, -0.05) is 36.4 Å². The van der Waals surface area contributed by atoms with Crippen molar-refractivity contribution in [2.75, 3.05) is 11.4 Å². The van der Waals surface area contributed by atoms with Crippen molar-refractivity contribution in [2.45, 2.75) is 45.1 Å². The third kappa shape index (κ3) is 5.65. The monoisotopic (exact) mass is 514 g/mol. The van der Waals surface area contributed by atoms with Crippen LogP contribution in [0, 0.1) is 0 Å². The number of aromatic carboxylic acids is 1. The number of rotatable bonds is 9. The summed E-state index contributed by atoms with van der Waals surface area (Å²) in [5, 5.41) is 15.4. The highest BCUT2D eigenvalue weighted by molar-refractivity contribution is 6.01. The van der Waals surface area contributed by atoms with E-state index in [4.69, 9.17) is 5.11 Å². The summed E-state index contributed by atoms with van der Waals surface area (Å²) in [6.07, 6.45) is -3.07. The lowest BCUT2D eigenvalue weighted by molar-refractivity contribution is -0.141. The number of fused-ring (bicyclic) bond motifs is 1. The number of halogens is 3. The quantitative estimate of drug-likeness (QED) is 0.414. The summed E-state index contributed by atoms with van der Waals surface area (Å²) in [5.74, 6) is -1.94. The standard InChI is InChI=1S/C26H25F3N4O4/c1-16(19-7-9-20(10-8-19)25(36)37)30-23(35)21-22(26(27,28)29)31-33-12-11-32(24(21)33)15-18-5-2-4-17(14-18)6-3-13-34/h2,4-5,7-10,13-14,16H,3,6,11-12,15H2,1H3,(H,30,35)(H,36,37)/t16-/m0/s1. The molecule has 8 nitrogen and oxygen atoms in total. The lowest BCUT2D eigenvalue weighted by Gasteiger charge is -2.21. The second-order valence-corrected chi connectivity index (χ2v) is 8.84. The van der Waals surface area contributed by atoms with Gasteiger partial charge in [0.2, 0.25) is 0 Å². The maximum absolute atomic E-state index is 13.9. The van der Waals surface area contributed by atoms with E-state index in [9.17, 15) is 27.6 Å².